The third-order valence-corrected chi connectivity index (χ3v) is 3.49. The second-order valence-corrected chi connectivity index (χ2v) is 6.73. The Morgan fingerprint density at radius 1 is 1.40 bits per heavy atom. The summed E-state index contributed by atoms with van der Waals surface area (Å²) in [5.74, 6) is 1.08. The molecular weight excluding hydrogens is 274 g/mol. The second kappa shape index (κ2) is 6.15. The molecule has 0 saturated carbocycles. The van der Waals surface area contributed by atoms with Gasteiger partial charge in [0.1, 0.15) is 11.5 Å². The Morgan fingerprint density at radius 3 is 2.85 bits per heavy atom. The normalized spacial score (nSPS) is 14.0. The Balaban J connectivity index is 1.95. The van der Waals surface area contributed by atoms with Crippen molar-refractivity contribution in [2.24, 2.45) is 0 Å². The number of nitrogens with one attached hydrogen (secondary N) is 1. The minimum absolute atomic E-state index is 0.0424. The van der Waals surface area contributed by atoms with Crippen molar-refractivity contribution >= 4 is 17.4 Å². The molecule has 3 nitrogen and oxygen atoms in total. The highest BCUT2D eigenvalue weighted by Gasteiger charge is 2.19. The Bertz CT molecular complexity index is 506. The molecule has 1 aromatic rings. The number of fused-ring (bicyclic) bond motifs is 1. The maximum absolute atomic E-state index is 12.1. The summed E-state index contributed by atoms with van der Waals surface area (Å²) >= 11 is 6.10. The van der Waals surface area contributed by atoms with E-state index >= 15 is 0 Å². The second-order valence-electron chi connectivity index (χ2n) is 6.29. The van der Waals surface area contributed by atoms with Crippen molar-refractivity contribution in [1.29, 1.82) is 0 Å². The lowest BCUT2D eigenvalue weighted by molar-refractivity contribution is -0.118. The molecule has 1 aliphatic heterocycles. The van der Waals surface area contributed by atoms with Crippen LogP contribution in [-0.4, -0.2) is 24.5 Å². The van der Waals surface area contributed by atoms with Crippen molar-refractivity contribution < 1.29 is 9.53 Å². The van der Waals surface area contributed by atoms with Crippen LogP contribution in [0.3, 0.4) is 0 Å². The van der Waals surface area contributed by atoms with Gasteiger partial charge in [0.15, 0.2) is 0 Å². The van der Waals surface area contributed by atoms with Crippen LogP contribution in [0.1, 0.15) is 38.3 Å². The zero-order valence-corrected chi connectivity index (χ0v) is 13.1. The quantitative estimate of drug-likeness (QED) is 0.907. The highest BCUT2D eigenvalue weighted by atomic mass is 35.5. The highest BCUT2D eigenvalue weighted by Crippen LogP contribution is 2.33. The number of Topliss-reactive ketones (excluding diaryl/α,β-unsaturated/α-hetero) is 1. The molecular formula is C16H22ClNO2. The van der Waals surface area contributed by atoms with E-state index in [1.807, 2.05) is 12.1 Å². The lowest BCUT2D eigenvalue weighted by Crippen LogP contribution is -2.37. The van der Waals surface area contributed by atoms with E-state index in [2.05, 4.69) is 26.1 Å². The predicted octanol–water partition coefficient (Wildman–Crippen LogP) is 3.16. The van der Waals surface area contributed by atoms with Gasteiger partial charge in [0, 0.05) is 41.9 Å². The molecule has 1 heterocycles. The fourth-order valence-electron chi connectivity index (χ4n) is 2.36. The summed E-state index contributed by atoms with van der Waals surface area (Å²) in [5.41, 5.74) is 2.08. The van der Waals surface area contributed by atoms with E-state index in [-0.39, 0.29) is 11.3 Å². The van der Waals surface area contributed by atoms with Crippen LogP contribution in [0.15, 0.2) is 12.1 Å². The Morgan fingerprint density at radius 2 is 2.15 bits per heavy atom. The number of rotatable bonds is 5. The van der Waals surface area contributed by atoms with E-state index in [1.165, 1.54) is 0 Å². The molecule has 1 aliphatic rings. The molecule has 0 unspecified atom stereocenters. The molecule has 20 heavy (non-hydrogen) atoms. The van der Waals surface area contributed by atoms with Crippen LogP contribution in [0, 0.1) is 0 Å². The first-order chi connectivity index (χ1) is 9.35. The van der Waals surface area contributed by atoms with Gasteiger partial charge in [-0.1, -0.05) is 11.6 Å². The lowest BCUT2D eigenvalue weighted by atomic mass is 10.0. The van der Waals surface area contributed by atoms with Crippen LogP contribution < -0.4 is 10.1 Å². The van der Waals surface area contributed by atoms with Crippen molar-refractivity contribution in [3.05, 3.63) is 28.3 Å². The monoisotopic (exact) mass is 295 g/mol. The number of benzene rings is 1. The summed E-state index contributed by atoms with van der Waals surface area (Å²) in [6.45, 7) is 7.66. The molecule has 4 heteroatoms. The molecule has 0 bridgehead atoms. The Kier molecular flexibility index (Phi) is 4.71. The average molecular weight is 296 g/mol. The van der Waals surface area contributed by atoms with Crippen molar-refractivity contribution in [1.82, 2.24) is 5.32 Å². The van der Waals surface area contributed by atoms with E-state index in [1.54, 1.807) is 0 Å². The summed E-state index contributed by atoms with van der Waals surface area (Å²) in [7, 11) is 0. The van der Waals surface area contributed by atoms with Gasteiger partial charge in [-0.2, -0.15) is 0 Å². The Labute approximate surface area is 125 Å². The lowest BCUT2D eigenvalue weighted by Gasteiger charge is -2.20. The average Bonchev–Trinajstić information content (AvgIpc) is 2.74. The molecule has 110 valence electrons. The van der Waals surface area contributed by atoms with Crippen LogP contribution in [0.4, 0.5) is 0 Å². The molecule has 0 fully saturated rings. The van der Waals surface area contributed by atoms with E-state index < -0.39 is 0 Å². The molecule has 1 aromatic carbocycles. The maximum Gasteiger partial charge on any atom is 0.138 e. The van der Waals surface area contributed by atoms with Gasteiger partial charge >= 0.3 is 0 Å². The summed E-state index contributed by atoms with van der Waals surface area (Å²) in [4.78, 5) is 12.1. The minimum atomic E-state index is 0.0424. The first kappa shape index (κ1) is 15.3. The number of hydrogen-bond acceptors (Lipinski definition) is 3. The number of hydrogen-bond donors (Lipinski definition) is 1. The third kappa shape index (κ3) is 4.22. The van der Waals surface area contributed by atoms with Gasteiger partial charge in [0.25, 0.3) is 0 Å². The van der Waals surface area contributed by atoms with Gasteiger partial charge < -0.3 is 10.1 Å². The van der Waals surface area contributed by atoms with Gasteiger partial charge in [0.05, 0.1) is 6.61 Å². The zero-order chi connectivity index (χ0) is 14.8. The SMILES string of the molecule is CC(C)(C)NCCC(=O)Cc1cc(Cl)cc2c1OCC2. The topological polar surface area (TPSA) is 38.3 Å². The van der Waals surface area contributed by atoms with Gasteiger partial charge in [-0.3, -0.25) is 4.79 Å². The third-order valence-electron chi connectivity index (χ3n) is 3.27. The molecule has 1 N–H and O–H groups in total. The summed E-state index contributed by atoms with van der Waals surface area (Å²) in [6, 6.07) is 3.78. The van der Waals surface area contributed by atoms with Gasteiger partial charge in [-0.05, 0) is 38.5 Å². The Hall–Kier alpha value is -1.06. The fraction of sp³-hybridized carbons (Fsp3) is 0.562. The standard InChI is InChI=1S/C16H22ClNO2/c1-16(2,3)18-6-4-14(19)10-12-9-13(17)8-11-5-7-20-15(11)12/h8-9,18H,4-7,10H2,1-3H3. The molecule has 0 radical (unpaired) electrons. The van der Waals surface area contributed by atoms with Crippen molar-refractivity contribution in [3.63, 3.8) is 0 Å². The number of carbonyl (C=O) groups is 1. The molecule has 0 spiro atoms. The van der Waals surface area contributed by atoms with E-state index in [4.69, 9.17) is 16.3 Å². The highest BCUT2D eigenvalue weighted by molar-refractivity contribution is 6.30. The van der Waals surface area contributed by atoms with E-state index in [0.29, 0.717) is 31.0 Å². The van der Waals surface area contributed by atoms with Crippen molar-refractivity contribution in [3.8, 4) is 5.75 Å². The first-order valence-electron chi connectivity index (χ1n) is 7.06. The van der Waals surface area contributed by atoms with Gasteiger partial charge in [0.2, 0.25) is 0 Å². The molecule has 2 rings (SSSR count). The van der Waals surface area contributed by atoms with Crippen LogP contribution in [0.25, 0.3) is 0 Å². The van der Waals surface area contributed by atoms with Crippen LogP contribution in [0.5, 0.6) is 5.75 Å². The van der Waals surface area contributed by atoms with E-state index in [0.717, 1.165) is 23.3 Å². The number of halogens is 1. The molecule has 0 aromatic heterocycles. The smallest absolute Gasteiger partial charge is 0.138 e. The van der Waals surface area contributed by atoms with Crippen LogP contribution in [-0.2, 0) is 17.6 Å². The summed E-state index contributed by atoms with van der Waals surface area (Å²) in [6.07, 6.45) is 1.80. The summed E-state index contributed by atoms with van der Waals surface area (Å²) in [5, 5.41) is 4.01. The molecule has 0 aliphatic carbocycles. The van der Waals surface area contributed by atoms with Gasteiger partial charge in [-0.25, -0.2) is 0 Å². The molecule has 0 amide bonds. The first-order valence-corrected chi connectivity index (χ1v) is 7.44. The van der Waals surface area contributed by atoms with E-state index in [9.17, 15) is 4.79 Å². The van der Waals surface area contributed by atoms with Crippen LogP contribution in [0.2, 0.25) is 5.02 Å². The minimum Gasteiger partial charge on any atom is -0.493 e. The van der Waals surface area contributed by atoms with Crippen molar-refractivity contribution in [2.45, 2.75) is 45.6 Å². The molecule has 0 atom stereocenters. The maximum atomic E-state index is 12.1. The number of carbonyl (C=O) groups excluding carboxylic acids is 1. The molecule has 0 saturated heterocycles. The number of ketones is 1. The zero-order valence-electron chi connectivity index (χ0n) is 12.4. The van der Waals surface area contributed by atoms with Crippen LogP contribution >= 0.6 is 11.6 Å². The number of ether oxygens (including phenoxy) is 1. The largest absolute Gasteiger partial charge is 0.493 e. The van der Waals surface area contributed by atoms with Gasteiger partial charge in [-0.15, -0.1) is 0 Å². The summed E-state index contributed by atoms with van der Waals surface area (Å²) < 4.78 is 5.62. The fourth-order valence-corrected chi connectivity index (χ4v) is 2.62. The van der Waals surface area contributed by atoms with Crippen molar-refractivity contribution in [2.75, 3.05) is 13.2 Å². The predicted molar refractivity (Wildman–Crippen MR) is 81.7 cm³/mol.